The second-order valence-electron chi connectivity index (χ2n) is 6.44. The fraction of sp³-hybridized carbons (Fsp3) is 0.667. The highest BCUT2D eigenvalue weighted by Crippen LogP contribution is 2.35. The van der Waals surface area contributed by atoms with Gasteiger partial charge in [-0.25, -0.2) is 18.1 Å². The smallest absolute Gasteiger partial charge is 0.244 e. The third-order valence-electron chi connectivity index (χ3n) is 4.07. The molecule has 1 aliphatic rings. The minimum Gasteiger partial charge on any atom is -0.369 e. The third-order valence-corrected chi connectivity index (χ3v) is 5.62. The van der Waals surface area contributed by atoms with Gasteiger partial charge in [0.1, 0.15) is 10.7 Å². The number of aromatic nitrogens is 1. The summed E-state index contributed by atoms with van der Waals surface area (Å²) in [5.41, 5.74) is 0.325. The fourth-order valence-corrected chi connectivity index (χ4v) is 4.15. The highest BCUT2D eigenvalue weighted by molar-refractivity contribution is 7.89. The molecule has 0 saturated heterocycles. The van der Waals surface area contributed by atoms with Crippen molar-refractivity contribution in [2.24, 2.45) is 5.41 Å². The molecule has 1 aromatic rings. The summed E-state index contributed by atoms with van der Waals surface area (Å²) in [5, 5.41) is 3.00. The van der Waals surface area contributed by atoms with Crippen LogP contribution in [0.3, 0.4) is 0 Å². The molecule has 0 amide bonds. The zero-order valence-corrected chi connectivity index (χ0v) is 13.8. The predicted octanol–water partition coefficient (Wildman–Crippen LogP) is 2.76. The molecule has 1 aromatic heterocycles. The Morgan fingerprint density at radius 2 is 2.00 bits per heavy atom. The van der Waals surface area contributed by atoms with Gasteiger partial charge in [0.05, 0.1) is 0 Å². The number of nitrogens with one attached hydrogen (secondary N) is 2. The first-order valence-corrected chi connectivity index (χ1v) is 9.03. The maximum atomic E-state index is 12.6. The Kier molecular flexibility index (Phi) is 4.88. The number of rotatable bonds is 5. The topological polar surface area (TPSA) is 71.1 Å². The first-order valence-electron chi connectivity index (χ1n) is 7.55. The van der Waals surface area contributed by atoms with Crippen molar-refractivity contribution in [3.8, 4) is 0 Å². The van der Waals surface area contributed by atoms with Crippen molar-refractivity contribution in [2.45, 2.75) is 57.4 Å². The van der Waals surface area contributed by atoms with Crippen LogP contribution >= 0.6 is 0 Å². The molecule has 1 saturated carbocycles. The Labute approximate surface area is 127 Å². The van der Waals surface area contributed by atoms with Gasteiger partial charge in [-0.2, -0.15) is 0 Å². The number of sulfonamides is 1. The summed E-state index contributed by atoms with van der Waals surface area (Å²) >= 11 is 0. The molecule has 0 atom stereocenters. The van der Waals surface area contributed by atoms with Crippen LogP contribution in [0.4, 0.5) is 5.82 Å². The van der Waals surface area contributed by atoms with Gasteiger partial charge in [0.15, 0.2) is 0 Å². The van der Waals surface area contributed by atoms with Crippen LogP contribution in [0.1, 0.15) is 46.5 Å². The van der Waals surface area contributed by atoms with E-state index in [1.165, 1.54) is 0 Å². The largest absolute Gasteiger partial charge is 0.369 e. The van der Waals surface area contributed by atoms with Crippen LogP contribution in [-0.2, 0) is 10.0 Å². The molecule has 0 aliphatic heterocycles. The van der Waals surface area contributed by atoms with E-state index in [0.29, 0.717) is 17.8 Å². The van der Waals surface area contributed by atoms with Crippen LogP contribution in [0.5, 0.6) is 0 Å². The summed E-state index contributed by atoms with van der Waals surface area (Å²) in [6.07, 6.45) is 5.48. The maximum absolute atomic E-state index is 12.6. The summed E-state index contributed by atoms with van der Waals surface area (Å²) in [4.78, 5) is 4.35. The molecule has 0 unspecified atom stereocenters. The molecule has 21 heavy (non-hydrogen) atoms. The lowest BCUT2D eigenvalue weighted by Crippen LogP contribution is -2.39. The average molecular weight is 311 g/mol. The lowest BCUT2D eigenvalue weighted by Gasteiger charge is -2.34. The van der Waals surface area contributed by atoms with Crippen molar-refractivity contribution in [1.29, 1.82) is 0 Å². The minimum absolute atomic E-state index is 0.0257. The van der Waals surface area contributed by atoms with E-state index in [9.17, 15) is 8.42 Å². The predicted molar refractivity (Wildman–Crippen MR) is 84.8 cm³/mol. The fourth-order valence-electron chi connectivity index (χ4n) is 2.71. The number of hydrogen-bond acceptors (Lipinski definition) is 4. The number of hydrogen-bond donors (Lipinski definition) is 2. The highest BCUT2D eigenvalue weighted by Gasteiger charge is 2.30. The van der Waals surface area contributed by atoms with Crippen molar-refractivity contribution in [3.63, 3.8) is 0 Å². The molecule has 0 radical (unpaired) electrons. The SMILES string of the molecule is CCNc1ncccc1S(=O)(=O)NC1CCC(C)(C)CC1. The van der Waals surface area contributed by atoms with Gasteiger partial charge in [-0.1, -0.05) is 13.8 Å². The van der Waals surface area contributed by atoms with Crippen LogP contribution < -0.4 is 10.0 Å². The van der Waals surface area contributed by atoms with E-state index in [4.69, 9.17) is 0 Å². The Balaban J connectivity index is 2.12. The van der Waals surface area contributed by atoms with Gasteiger partial charge in [-0.15, -0.1) is 0 Å². The van der Waals surface area contributed by atoms with E-state index in [-0.39, 0.29) is 10.9 Å². The summed E-state index contributed by atoms with van der Waals surface area (Å²) in [7, 11) is -3.53. The molecular weight excluding hydrogens is 286 g/mol. The molecule has 1 aliphatic carbocycles. The van der Waals surface area contributed by atoms with E-state index in [1.54, 1.807) is 18.3 Å². The van der Waals surface area contributed by atoms with Crippen molar-refractivity contribution >= 4 is 15.8 Å². The van der Waals surface area contributed by atoms with E-state index >= 15 is 0 Å². The Hall–Kier alpha value is -1.14. The third kappa shape index (κ3) is 4.17. The van der Waals surface area contributed by atoms with Crippen LogP contribution in [0.15, 0.2) is 23.2 Å². The number of anilines is 1. The molecule has 2 N–H and O–H groups in total. The van der Waals surface area contributed by atoms with Crippen molar-refractivity contribution in [3.05, 3.63) is 18.3 Å². The molecule has 1 heterocycles. The van der Waals surface area contributed by atoms with Crippen molar-refractivity contribution in [1.82, 2.24) is 9.71 Å². The van der Waals surface area contributed by atoms with Gasteiger partial charge in [0.25, 0.3) is 0 Å². The first-order chi connectivity index (χ1) is 9.84. The second kappa shape index (κ2) is 6.32. The molecule has 0 bridgehead atoms. The quantitative estimate of drug-likeness (QED) is 0.877. The Morgan fingerprint density at radius 1 is 1.33 bits per heavy atom. The van der Waals surface area contributed by atoms with Crippen LogP contribution in [-0.4, -0.2) is 26.0 Å². The standard InChI is InChI=1S/C15H25N3O2S/c1-4-16-14-13(6-5-11-17-14)21(19,20)18-12-7-9-15(2,3)10-8-12/h5-6,11-12,18H,4,7-10H2,1-3H3,(H,16,17). The molecule has 5 nitrogen and oxygen atoms in total. The minimum atomic E-state index is -3.53. The normalized spacial score (nSPS) is 19.4. The lowest BCUT2D eigenvalue weighted by molar-refractivity contribution is 0.218. The Bertz CT molecular complexity index is 574. The molecule has 6 heteroatoms. The molecule has 2 rings (SSSR count). The second-order valence-corrected chi connectivity index (χ2v) is 8.12. The van der Waals surface area contributed by atoms with Gasteiger partial charge >= 0.3 is 0 Å². The van der Waals surface area contributed by atoms with Crippen LogP contribution in [0.25, 0.3) is 0 Å². The number of pyridine rings is 1. The summed E-state index contributed by atoms with van der Waals surface area (Å²) in [5.74, 6) is 0.420. The van der Waals surface area contributed by atoms with E-state index < -0.39 is 10.0 Å². The van der Waals surface area contributed by atoms with E-state index in [0.717, 1.165) is 25.7 Å². The average Bonchev–Trinajstić information content (AvgIpc) is 2.42. The maximum Gasteiger partial charge on any atom is 0.244 e. The summed E-state index contributed by atoms with van der Waals surface area (Å²) in [6.45, 7) is 7.03. The molecule has 1 fully saturated rings. The summed E-state index contributed by atoms with van der Waals surface area (Å²) < 4.78 is 28.0. The number of nitrogens with zero attached hydrogens (tertiary/aromatic N) is 1. The van der Waals surface area contributed by atoms with E-state index in [2.05, 4.69) is 28.9 Å². The van der Waals surface area contributed by atoms with Gasteiger partial charge < -0.3 is 5.32 Å². The first kappa shape index (κ1) is 16.2. The zero-order chi connectivity index (χ0) is 15.5. The van der Waals surface area contributed by atoms with E-state index in [1.807, 2.05) is 6.92 Å². The zero-order valence-electron chi connectivity index (χ0n) is 13.0. The highest BCUT2D eigenvalue weighted by atomic mass is 32.2. The van der Waals surface area contributed by atoms with Crippen LogP contribution in [0, 0.1) is 5.41 Å². The Morgan fingerprint density at radius 3 is 2.62 bits per heavy atom. The van der Waals surface area contributed by atoms with Crippen LogP contribution in [0.2, 0.25) is 0 Å². The molecule has 0 aromatic carbocycles. The van der Waals surface area contributed by atoms with Crippen molar-refractivity contribution < 1.29 is 8.42 Å². The molecule has 0 spiro atoms. The lowest BCUT2D eigenvalue weighted by atomic mass is 9.76. The summed E-state index contributed by atoms with van der Waals surface area (Å²) in [6, 6.07) is 3.28. The van der Waals surface area contributed by atoms with Gasteiger partial charge in [0, 0.05) is 18.8 Å². The van der Waals surface area contributed by atoms with Gasteiger partial charge in [-0.3, -0.25) is 0 Å². The van der Waals surface area contributed by atoms with Gasteiger partial charge in [-0.05, 0) is 50.2 Å². The van der Waals surface area contributed by atoms with Gasteiger partial charge in [0.2, 0.25) is 10.0 Å². The molecule has 118 valence electrons. The monoisotopic (exact) mass is 311 g/mol. The molecular formula is C15H25N3O2S. The van der Waals surface area contributed by atoms with Crippen molar-refractivity contribution in [2.75, 3.05) is 11.9 Å².